The average molecular weight is 495 g/mol. The van der Waals surface area contributed by atoms with Gasteiger partial charge in [0.1, 0.15) is 0 Å². The molecule has 5 rings (SSSR count). The Morgan fingerprint density at radius 3 is 2.60 bits per heavy atom. The summed E-state index contributed by atoms with van der Waals surface area (Å²) in [5.41, 5.74) is -1.20. The third kappa shape index (κ3) is 3.97. The van der Waals surface area contributed by atoms with Crippen molar-refractivity contribution in [2.45, 2.75) is 13.1 Å². The number of halogens is 3. The number of amides is 1. The zero-order chi connectivity index (χ0) is 24.7. The summed E-state index contributed by atoms with van der Waals surface area (Å²) in [6.07, 6.45) is 1.35. The van der Waals surface area contributed by atoms with E-state index in [0.717, 1.165) is 15.9 Å². The standard InChI is InChI=1S/C21H12F3N9OS/c1-11-7-14-17(35-11)16(3-4-26-14)32-18(21(22,23)24)13(10-30-32)20(34)31-12-8-15(25-2)19(27-9-12)33-28-5-6-29-33/h3-10H,1H3,(H,31,34). The number of hydrogen-bond donors (Lipinski definition) is 1. The minimum absolute atomic E-state index is 0.00187. The van der Waals surface area contributed by atoms with Gasteiger partial charge in [-0.25, -0.2) is 14.5 Å². The molecule has 0 fully saturated rings. The molecule has 174 valence electrons. The molecular weight excluding hydrogens is 483 g/mol. The quantitative estimate of drug-likeness (QED) is 0.366. The van der Waals surface area contributed by atoms with E-state index in [1.807, 2.05) is 6.92 Å². The lowest BCUT2D eigenvalue weighted by molar-refractivity contribution is -0.143. The number of nitrogens with zero attached hydrogens (tertiary/aromatic N) is 8. The Labute approximate surface area is 198 Å². The summed E-state index contributed by atoms with van der Waals surface area (Å²) in [5.74, 6) is -0.946. The largest absolute Gasteiger partial charge is 0.434 e. The van der Waals surface area contributed by atoms with Crippen LogP contribution >= 0.6 is 11.3 Å². The van der Waals surface area contributed by atoms with Crippen molar-refractivity contribution in [2.75, 3.05) is 5.32 Å². The number of alkyl halides is 3. The molecule has 0 radical (unpaired) electrons. The summed E-state index contributed by atoms with van der Waals surface area (Å²) in [4.78, 5) is 26.5. The van der Waals surface area contributed by atoms with Crippen LogP contribution in [-0.4, -0.2) is 40.6 Å². The first-order valence-electron chi connectivity index (χ1n) is 9.82. The van der Waals surface area contributed by atoms with Crippen LogP contribution < -0.4 is 5.32 Å². The first-order valence-corrected chi connectivity index (χ1v) is 10.6. The molecular formula is C21H12F3N9OS. The molecule has 0 aromatic carbocycles. The fourth-order valence-electron chi connectivity index (χ4n) is 3.46. The highest BCUT2D eigenvalue weighted by Crippen LogP contribution is 2.37. The molecule has 14 heteroatoms. The maximum absolute atomic E-state index is 14.1. The fraction of sp³-hybridized carbons (Fsp3) is 0.0952. The molecule has 0 unspecified atom stereocenters. The lowest BCUT2D eigenvalue weighted by Gasteiger charge is -2.13. The van der Waals surface area contributed by atoms with E-state index in [0.29, 0.717) is 14.9 Å². The summed E-state index contributed by atoms with van der Waals surface area (Å²) in [7, 11) is 0. The van der Waals surface area contributed by atoms with Gasteiger partial charge in [-0.1, -0.05) is 0 Å². The molecule has 0 spiro atoms. The van der Waals surface area contributed by atoms with Gasteiger partial charge in [-0.2, -0.15) is 28.5 Å². The molecule has 0 aliphatic carbocycles. The lowest BCUT2D eigenvalue weighted by Crippen LogP contribution is -2.21. The van der Waals surface area contributed by atoms with E-state index in [1.54, 1.807) is 6.07 Å². The number of fused-ring (bicyclic) bond motifs is 1. The number of hydrogen-bond acceptors (Lipinski definition) is 7. The molecule has 0 saturated carbocycles. The van der Waals surface area contributed by atoms with Gasteiger partial charge < -0.3 is 5.32 Å². The normalized spacial score (nSPS) is 11.5. The predicted octanol–water partition coefficient (Wildman–Crippen LogP) is 4.59. The van der Waals surface area contributed by atoms with Crippen molar-refractivity contribution in [1.82, 2.24) is 34.7 Å². The Hall–Kier alpha value is -4.64. The number of aromatic nitrogens is 7. The predicted molar refractivity (Wildman–Crippen MR) is 120 cm³/mol. The van der Waals surface area contributed by atoms with E-state index in [4.69, 9.17) is 6.57 Å². The molecule has 5 aromatic heterocycles. The van der Waals surface area contributed by atoms with Gasteiger partial charge in [0.15, 0.2) is 11.5 Å². The molecule has 0 saturated heterocycles. The summed E-state index contributed by atoms with van der Waals surface area (Å²) in [6.45, 7) is 9.17. The van der Waals surface area contributed by atoms with Crippen LogP contribution in [0, 0.1) is 13.5 Å². The van der Waals surface area contributed by atoms with E-state index in [-0.39, 0.29) is 22.9 Å². The van der Waals surface area contributed by atoms with Gasteiger partial charge in [-0.05, 0) is 25.1 Å². The van der Waals surface area contributed by atoms with Crippen LogP contribution in [0.2, 0.25) is 0 Å². The summed E-state index contributed by atoms with van der Waals surface area (Å²) in [5, 5.41) is 14.1. The molecule has 0 atom stereocenters. The number of aryl methyl sites for hydroxylation is 1. The van der Waals surface area contributed by atoms with Gasteiger partial charge in [0.25, 0.3) is 5.91 Å². The van der Waals surface area contributed by atoms with Crippen LogP contribution in [0.15, 0.2) is 49.2 Å². The molecule has 0 aliphatic heterocycles. The SMILES string of the molecule is [C-]#[N+]c1cc(NC(=O)c2cnn(-c3ccnc4cc(C)sc34)c2C(F)(F)F)cnc1-n1nccn1. The second-order valence-electron chi connectivity index (χ2n) is 7.17. The molecule has 1 amide bonds. The van der Waals surface area contributed by atoms with Gasteiger partial charge in [-0.15, -0.1) is 16.1 Å². The Balaban J connectivity index is 1.54. The van der Waals surface area contributed by atoms with Gasteiger partial charge in [0, 0.05) is 16.8 Å². The van der Waals surface area contributed by atoms with E-state index >= 15 is 0 Å². The third-order valence-corrected chi connectivity index (χ3v) is 5.92. The second-order valence-corrected chi connectivity index (χ2v) is 8.43. The van der Waals surface area contributed by atoms with Crippen LogP contribution in [-0.2, 0) is 6.18 Å². The minimum Gasteiger partial charge on any atom is -0.322 e. The molecule has 5 aromatic rings. The molecule has 5 heterocycles. The average Bonchev–Trinajstić information content (AvgIpc) is 3.56. The highest BCUT2D eigenvalue weighted by atomic mass is 32.1. The number of carbonyl (C=O) groups excluding carboxylic acids is 1. The number of anilines is 1. The van der Waals surface area contributed by atoms with Gasteiger partial charge in [-0.3, -0.25) is 9.78 Å². The zero-order valence-corrected chi connectivity index (χ0v) is 18.5. The Bertz CT molecular complexity index is 1610. The van der Waals surface area contributed by atoms with E-state index in [1.165, 1.54) is 48.3 Å². The van der Waals surface area contributed by atoms with E-state index < -0.39 is 23.3 Å². The minimum atomic E-state index is -4.89. The highest BCUT2D eigenvalue weighted by Gasteiger charge is 2.41. The molecule has 35 heavy (non-hydrogen) atoms. The van der Waals surface area contributed by atoms with Crippen molar-refractivity contribution in [2.24, 2.45) is 0 Å². The van der Waals surface area contributed by atoms with Crippen molar-refractivity contribution >= 4 is 38.8 Å². The van der Waals surface area contributed by atoms with Crippen LogP contribution in [0.4, 0.5) is 24.5 Å². The highest BCUT2D eigenvalue weighted by molar-refractivity contribution is 7.19. The van der Waals surface area contributed by atoms with E-state index in [9.17, 15) is 18.0 Å². The Morgan fingerprint density at radius 2 is 1.89 bits per heavy atom. The Morgan fingerprint density at radius 1 is 1.11 bits per heavy atom. The van der Waals surface area contributed by atoms with Crippen LogP contribution in [0.5, 0.6) is 0 Å². The van der Waals surface area contributed by atoms with Crippen molar-refractivity contribution < 1.29 is 18.0 Å². The number of thiophene rings is 1. The van der Waals surface area contributed by atoms with Crippen LogP contribution in [0.25, 0.3) is 26.6 Å². The topological polar surface area (TPSA) is 108 Å². The van der Waals surface area contributed by atoms with Crippen LogP contribution in [0.3, 0.4) is 0 Å². The second kappa shape index (κ2) is 8.29. The monoisotopic (exact) mass is 495 g/mol. The number of rotatable bonds is 4. The number of pyridine rings is 2. The summed E-state index contributed by atoms with van der Waals surface area (Å²) < 4.78 is 43.6. The van der Waals surface area contributed by atoms with Crippen LogP contribution in [0.1, 0.15) is 20.9 Å². The van der Waals surface area contributed by atoms with E-state index in [2.05, 4.69) is 35.4 Å². The van der Waals surface area contributed by atoms with Crippen molar-refractivity contribution in [1.29, 1.82) is 0 Å². The number of nitrogens with one attached hydrogen (secondary N) is 1. The summed E-state index contributed by atoms with van der Waals surface area (Å²) >= 11 is 1.28. The van der Waals surface area contributed by atoms with Crippen molar-refractivity contribution in [3.05, 3.63) is 76.7 Å². The first-order chi connectivity index (χ1) is 16.8. The fourth-order valence-corrected chi connectivity index (χ4v) is 4.42. The third-order valence-electron chi connectivity index (χ3n) is 4.86. The van der Waals surface area contributed by atoms with Crippen molar-refractivity contribution in [3.8, 4) is 11.5 Å². The molecule has 10 nitrogen and oxygen atoms in total. The maximum Gasteiger partial charge on any atom is 0.434 e. The van der Waals surface area contributed by atoms with Gasteiger partial charge in [0.05, 0.1) is 52.8 Å². The van der Waals surface area contributed by atoms with Gasteiger partial charge in [0.2, 0.25) is 5.69 Å². The Kier molecular flexibility index (Phi) is 5.25. The molecule has 1 N–H and O–H groups in total. The lowest BCUT2D eigenvalue weighted by atomic mass is 10.2. The number of carbonyl (C=O) groups is 1. The first kappa shape index (κ1) is 22.2. The maximum atomic E-state index is 14.1. The molecule has 0 bridgehead atoms. The summed E-state index contributed by atoms with van der Waals surface area (Å²) in [6, 6.07) is 4.45. The smallest absolute Gasteiger partial charge is 0.322 e. The van der Waals surface area contributed by atoms with Crippen molar-refractivity contribution in [3.63, 3.8) is 0 Å². The molecule has 0 aliphatic rings. The zero-order valence-electron chi connectivity index (χ0n) is 17.6. The van der Waals surface area contributed by atoms with Gasteiger partial charge >= 0.3 is 6.18 Å².